The molecule has 6 heteroatoms. The zero-order valence-electron chi connectivity index (χ0n) is 22.9. The number of ether oxygens (including phenoxy) is 2. The van der Waals surface area contributed by atoms with Gasteiger partial charge in [0.15, 0.2) is 0 Å². The Morgan fingerprint density at radius 1 is 0.944 bits per heavy atom. The lowest BCUT2D eigenvalue weighted by molar-refractivity contribution is -0.00824. The molecule has 1 aliphatic carbocycles. The van der Waals surface area contributed by atoms with Gasteiger partial charge >= 0.3 is 6.03 Å². The molecule has 1 heterocycles. The highest BCUT2D eigenvalue weighted by Gasteiger charge is 2.54. The van der Waals surface area contributed by atoms with Crippen molar-refractivity contribution in [1.82, 2.24) is 14.7 Å². The number of methoxy groups -OCH3 is 2. The van der Waals surface area contributed by atoms with Gasteiger partial charge in [0.2, 0.25) is 0 Å². The summed E-state index contributed by atoms with van der Waals surface area (Å²) in [5, 5.41) is 0. The third-order valence-electron chi connectivity index (χ3n) is 8.76. The zero-order valence-corrected chi connectivity index (χ0v) is 22.9. The van der Waals surface area contributed by atoms with Crippen molar-refractivity contribution in [2.45, 2.75) is 69.2 Å². The number of hydrogen-bond donors (Lipinski definition) is 0. The maximum absolute atomic E-state index is 13.9. The van der Waals surface area contributed by atoms with E-state index in [-0.39, 0.29) is 22.7 Å². The Morgan fingerprint density at radius 2 is 1.58 bits per heavy atom. The summed E-state index contributed by atoms with van der Waals surface area (Å²) in [6.45, 7) is 6.29. The fourth-order valence-corrected chi connectivity index (χ4v) is 6.07. The normalized spacial score (nSPS) is 24.7. The molecule has 0 aromatic heterocycles. The van der Waals surface area contributed by atoms with Crippen molar-refractivity contribution in [3.05, 3.63) is 65.7 Å². The van der Waals surface area contributed by atoms with E-state index in [4.69, 9.17) is 9.47 Å². The molecule has 4 rings (SSSR count). The van der Waals surface area contributed by atoms with Crippen LogP contribution in [0.1, 0.15) is 57.1 Å². The minimum absolute atomic E-state index is 0.00354. The number of rotatable bonds is 9. The highest BCUT2D eigenvalue weighted by molar-refractivity contribution is 5.78. The molecular weight excluding hydrogens is 450 g/mol. The van der Waals surface area contributed by atoms with Crippen LogP contribution in [-0.2, 0) is 16.8 Å². The average Bonchev–Trinajstić information content (AvgIpc) is 3.14. The van der Waals surface area contributed by atoms with Gasteiger partial charge in [-0.3, -0.25) is 4.90 Å². The van der Waals surface area contributed by atoms with Gasteiger partial charge in [-0.05, 0) is 83.3 Å². The molecular formula is C30H43N3O3. The fraction of sp³-hybridized carbons (Fsp3) is 0.567. The second-order valence-electron chi connectivity index (χ2n) is 11.4. The monoisotopic (exact) mass is 493 g/mol. The van der Waals surface area contributed by atoms with Crippen LogP contribution in [0, 0.1) is 0 Å². The second-order valence-corrected chi connectivity index (χ2v) is 11.4. The highest BCUT2D eigenvalue weighted by atomic mass is 16.5. The van der Waals surface area contributed by atoms with Gasteiger partial charge in [0.25, 0.3) is 0 Å². The predicted molar refractivity (Wildman–Crippen MR) is 144 cm³/mol. The molecule has 2 amide bonds. The Balaban J connectivity index is 1.59. The van der Waals surface area contributed by atoms with E-state index >= 15 is 0 Å². The maximum Gasteiger partial charge on any atom is 0.320 e. The van der Waals surface area contributed by atoms with E-state index in [1.807, 2.05) is 17.0 Å². The molecule has 0 N–H and O–H groups in total. The maximum atomic E-state index is 13.9. The van der Waals surface area contributed by atoms with E-state index in [1.165, 1.54) is 5.56 Å². The Labute approximate surface area is 217 Å². The van der Waals surface area contributed by atoms with Gasteiger partial charge in [-0.2, -0.15) is 0 Å². The standard InChI is InChI=1S/C30H43N3O3/c1-28(2,36-6)20-21-33-27(34)32(22-24-12-14-26(35-5)15-13-24)23-29(33)16-18-30(19-17-29,31(3)4)25-10-8-7-9-11-25/h7-15H,16-23H2,1-6H3/t29-,30-. The van der Waals surface area contributed by atoms with Crippen LogP contribution >= 0.6 is 0 Å². The summed E-state index contributed by atoms with van der Waals surface area (Å²) >= 11 is 0. The van der Waals surface area contributed by atoms with Crippen molar-refractivity contribution in [3.8, 4) is 5.75 Å². The van der Waals surface area contributed by atoms with Crippen molar-refractivity contribution in [2.24, 2.45) is 0 Å². The Kier molecular flexibility index (Phi) is 7.67. The van der Waals surface area contributed by atoms with Gasteiger partial charge < -0.3 is 19.3 Å². The predicted octanol–water partition coefficient (Wildman–Crippen LogP) is 5.52. The summed E-state index contributed by atoms with van der Waals surface area (Å²) in [7, 11) is 7.82. The van der Waals surface area contributed by atoms with E-state index in [1.54, 1.807) is 14.2 Å². The first-order valence-corrected chi connectivity index (χ1v) is 13.1. The lowest BCUT2D eigenvalue weighted by Crippen LogP contribution is -2.56. The number of urea groups is 1. The number of benzene rings is 2. The molecule has 1 saturated heterocycles. The van der Waals surface area contributed by atoms with Crippen LogP contribution in [0.5, 0.6) is 5.75 Å². The van der Waals surface area contributed by atoms with Gasteiger partial charge in [0.05, 0.1) is 18.2 Å². The van der Waals surface area contributed by atoms with Crippen LogP contribution in [0.3, 0.4) is 0 Å². The van der Waals surface area contributed by atoms with Gasteiger partial charge in [0, 0.05) is 32.3 Å². The molecule has 2 fully saturated rings. The molecule has 1 saturated carbocycles. The van der Waals surface area contributed by atoms with Crippen LogP contribution < -0.4 is 4.74 Å². The van der Waals surface area contributed by atoms with Crippen LogP contribution in [0.2, 0.25) is 0 Å². The third kappa shape index (κ3) is 5.12. The van der Waals surface area contributed by atoms with Gasteiger partial charge in [-0.25, -0.2) is 4.79 Å². The van der Waals surface area contributed by atoms with E-state index in [0.29, 0.717) is 13.1 Å². The van der Waals surface area contributed by atoms with Crippen LogP contribution in [-0.4, -0.2) is 73.3 Å². The number of hydrogen-bond acceptors (Lipinski definition) is 4. The van der Waals surface area contributed by atoms with Gasteiger partial charge in [0.1, 0.15) is 5.75 Å². The lowest BCUT2D eigenvalue weighted by atomic mass is 9.68. The van der Waals surface area contributed by atoms with E-state index < -0.39 is 0 Å². The summed E-state index contributed by atoms with van der Waals surface area (Å²) in [6.07, 6.45) is 4.83. The van der Waals surface area contributed by atoms with E-state index in [9.17, 15) is 4.79 Å². The quantitative estimate of drug-likeness (QED) is 0.462. The average molecular weight is 494 g/mol. The van der Waals surface area contributed by atoms with Crippen molar-refractivity contribution in [3.63, 3.8) is 0 Å². The Hall–Kier alpha value is -2.57. The lowest BCUT2D eigenvalue weighted by Gasteiger charge is -2.51. The molecule has 1 spiro atoms. The zero-order chi connectivity index (χ0) is 26.0. The molecule has 1 aliphatic heterocycles. The van der Waals surface area contributed by atoms with Gasteiger partial charge in [-0.1, -0.05) is 42.5 Å². The van der Waals surface area contributed by atoms with Crippen LogP contribution in [0.4, 0.5) is 4.79 Å². The molecule has 196 valence electrons. The summed E-state index contributed by atoms with van der Waals surface area (Å²) in [4.78, 5) is 20.5. The molecule has 2 aromatic carbocycles. The first-order chi connectivity index (χ1) is 17.1. The third-order valence-corrected chi connectivity index (χ3v) is 8.76. The van der Waals surface area contributed by atoms with Crippen molar-refractivity contribution in [1.29, 1.82) is 0 Å². The minimum Gasteiger partial charge on any atom is -0.497 e. The first-order valence-electron chi connectivity index (χ1n) is 13.1. The first kappa shape index (κ1) is 26.5. The SMILES string of the molecule is COc1ccc(CN2C[C@]3(CC[C@@](c4ccccc4)(N(C)C)CC3)N(CCC(C)(C)OC)C2=O)cc1. The Bertz CT molecular complexity index is 1010. The molecule has 2 aliphatic rings. The summed E-state index contributed by atoms with van der Waals surface area (Å²) < 4.78 is 11.0. The molecule has 2 aromatic rings. The smallest absolute Gasteiger partial charge is 0.320 e. The molecule has 0 unspecified atom stereocenters. The molecule has 0 bridgehead atoms. The molecule has 36 heavy (non-hydrogen) atoms. The van der Waals surface area contributed by atoms with E-state index in [0.717, 1.165) is 50.0 Å². The molecule has 6 nitrogen and oxygen atoms in total. The van der Waals surface area contributed by atoms with Crippen molar-refractivity contribution < 1.29 is 14.3 Å². The molecule has 0 atom stereocenters. The molecule has 0 radical (unpaired) electrons. The summed E-state index contributed by atoms with van der Waals surface area (Å²) in [5.74, 6) is 0.833. The topological polar surface area (TPSA) is 45.2 Å². The number of carbonyl (C=O) groups excluding carboxylic acids is 1. The Morgan fingerprint density at radius 3 is 2.14 bits per heavy atom. The van der Waals surface area contributed by atoms with Crippen molar-refractivity contribution >= 4 is 6.03 Å². The van der Waals surface area contributed by atoms with E-state index in [2.05, 4.69) is 80.2 Å². The minimum atomic E-state index is -0.267. The number of nitrogens with zero attached hydrogens (tertiary/aromatic N) is 3. The summed E-state index contributed by atoms with van der Waals surface area (Å²) in [6, 6.07) is 19.1. The van der Waals surface area contributed by atoms with Gasteiger partial charge in [-0.15, -0.1) is 0 Å². The second kappa shape index (κ2) is 10.4. The van der Waals surface area contributed by atoms with Crippen LogP contribution in [0.15, 0.2) is 54.6 Å². The summed E-state index contributed by atoms with van der Waals surface area (Å²) in [5.41, 5.74) is 2.08. The number of amides is 2. The van der Waals surface area contributed by atoms with Crippen LogP contribution in [0.25, 0.3) is 0 Å². The van der Waals surface area contributed by atoms with Crippen molar-refractivity contribution in [2.75, 3.05) is 41.4 Å². The largest absolute Gasteiger partial charge is 0.497 e. The number of carbonyl (C=O) groups is 1. The highest BCUT2D eigenvalue weighted by Crippen LogP contribution is 2.49. The fourth-order valence-electron chi connectivity index (χ4n) is 6.07.